The van der Waals surface area contributed by atoms with Crippen LogP contribution in [-0.2, 0) is 13.1 Å². The van der Waals surface area contributed by atoms with Gasteiger partial charge in [-0.25, -0.2) is 4.39 Å². The summed E-state index contributed by atoms with van der Waals surface area (Å²) in [6.07, 6.45) is 2.16. The van der Waals surface area contributed by atoms with Crippen LogP contribution in [0.1, 0.15) is 52.7 Å². The van der Waals surface area contributed by atoms with E-state index in [0.29, 0.717) is 23.1 Å². The number of piperidine rings is 1. The Morgan fingerprint density at radius 2 is 1.81 bits per heavy atom. The van der Waals surface area contributed by atoms with Crippen molar-refractivity contribution in [2.24, 2.45) is 0 Å². The van der Waals surface area contributed by atoms with Gasteiger partial charge in [0.1, 0.15) is 5.82 Å². The van der Waals surface area contributed by atoms with Gasteiger partial charge in [-0.2, -0.15) is 0 Å². The predicted molar refractivity (Wildman–Crippen MR) is 147 cm³/mol. The fraction of sp³-hybridized carbons (Fsp3) is 0.387. The molecule has 0 aromatic heterocycles. The maximum absolute atomic E-state index is 14.7. The molecule has 1 atom stereocenters. The number of halogens is 1. The molecular weight excluding hydrogens is 463 g/mol. The van der Waals surface area contributed by atoms with Crippen LogP contribution in [0.2, 0.25) is 0 Å². The summed E-state index contributed by atoms with van der Waals surface area (Å²) >= 11 is 0. The number of rotatable bonds is 7. The first-order valence-electron chi connectivity index (χ1n) is 13.5. The van der Waals surface area contributed by atoms with Gasteiger partial charge in [0, 0.05) is 49.9 Å². The molecule has 2 aliphatic heterocycles. The maximum Gasteiger partial charge on any atom is 0.251 e. The van der Waals surface area contributed by atoms with E-state index in [-0.39, 0.29) is 18.3 Å². The molecule has 3 aromatic rings. The zero-order chi connectivity index (χ0) is 25.6. The molecule has 0 aliphatic carbocycles. The summed E-state index contributed by atoms with van der Waals surface area (Å²) in [5.74, 6) is 0.000157. The number of hydrogen-bond donors (Lipinski definition) is 3. The van der Waals surface area contributed by atoms with Crippen molar-refractivity contribution >= 4 is 5.91 Å². The third kappa shape index (κ3) is 6.63. The van der Waals surface area contributed by atoms with Gasteiger partial charge in [0.05, 0.1) is 0 Å². The van der Waals surface area contributed by atoms with Gasteiger partial charge in [0.2, 0.25) is 0 Å². The Morgan fingerprint density at radius 1 is 1.00 bits per heavy atom. The minimum Gasteiger partial charge on any atom is -0.348 e. The van der Waals surface area contributed by atoms with Crippen LogP contribution in [0.3, 0.4) is 0 Å². The molecule has 2 aliphatic rings. The number of carbonyl (C=O) groups is 1. The smallest absolute Gasteiger partial charge is 0.251 e. The van der Waals surface area contributed by atoms with Crippen LogP contribution in [0, 0.1) is 5.82 Å². The van der Waals surface area contributed by atoms with E-state index >= 15 is 0 Å². The number of benzene rings is 3. The second-order valence-corrected chi connectivity index (χ2v) is 10.4. The van der Waals surface area contributed by atoms with Crippen molar-refractivity contribution in [2.75, 3.05) is 32.7 Å². The van der Waals surface area contributed by atoms with E-state index in [4.69, 9.17) is 0 Å². The van der Waals surface area contributed by atoms with E-state index < -0.39 is 0 Å². The number of hydrogen-bond acceptors (Lipinski definition) is 4. The van der Waals surface area contributed by atoms with Gasteiger partial charge in [-0.3, -0.25) is 9.69 Å². The van der Waals surface area contributed by atoms with Gasteiger partial charge in [-0.05, 0) is 91.4 Å². The Labute approximate surface area is 219 Å². The van der Waals surface area contributed by atoms with E-state index in [1.54, 1.807) is 0 Å². The highest BCUT2D eigenvalue weighted by Gasteiger charge is 2.18. The number of nitrogens with zero attached hydrogens (tertiary/aromatic N) is 1. The van der Waals surface area contributed by atoms with Crippen molar-refractivity contribution in [2.45, 2.75) is 44.8 Å². The van der Waals surface area contributed by atoms with Gasteiger partial charge in [0.15, 0.2) is 0 Å². The summed E-state index contributed by atoms with van der Waals surface area (Å²) in [5.41, 5.74) is 5.58. The molecule has 3 N–H and O–H groups in total. The quantitative estimate of drug-likeness (QED) is 0.441. The second-order valence-electron chi connectivity index (χ2n) is 10.4. The van der Waals surface area contributed by atoms with Crippen LogP contribution < -0.4 is 16.0 Å². The van der Waals surface area contributed by atoms with Crippen molar-refractivity contribution in [3.05, 3.63) is 94.8 Å². The first-order chi connectivity index (χ1) is 18.0. The van der Waals surface area contributed by atoms with Gasteiger partial charge in [-0.15, -0.1) is 0 Å². The summed E-state index contributed by atoms with van der Waals surface area (Å²) in [6.45, 7) is 8.36. The van der Waals surface area contributed by atoms with Crippen molar-refractivity contribution in [1.29, 1.82) is 0 Å². The van der Waals surface area contributed by atoms with Crippen LogP contribution in [0.4, 0.5) is 4.39 Å². The Kier molecular flexibility index (Phi) is 8.29. The lowest BCUT2D eigenvalue weighted by Gasteiger charge is -2.31. The van der Waals surface area contributed by atoms with Gasteiger partial charge in [0.25, 0.3) is 5.91 Å². The van der Waals surface area contributed by atoms with Crippen LogP contribution >= 0.6 is 0 Å². The van der Waals surface area contributed by atoms with Gasteiger partial charge in [-0.1, -0.05) is 36.4 Å². The topological polar surface area (TPSA) is 56.4 Å². The lowest BCUT2D eigenvalue weighted by molar-refractivity contribution is 0.0950. The highest BCUT2D eigenvalue weighted by Crippen LogP contribution is 2.26. The minimum atomic E-state index is -0.307. The molecule has 0 spiro atoms. The standard InChI is InChI=1S/C31H37FN4O/c1-22-20-36(15-14-34-22)21-23-4-2-5-25(16-23)27-8-9-30(32)29(18-27)19-35-31(37)28-7-3-6-26(17-28)24-10-12-33-13-11-24/h2-9,16-18,22,24,33-34H,10-15,19-21H2,1H3,(H,35,37)/t22-/m0/s1. The van der Waals surface area contributed by atoms with Crippen LogP contribution in [-0.4, -0.2) is 49.6 Å². The van der Waals surface area contributed by atoms with Crippen molar-refractivity contribution in [3.63, 3.8) is 0 Å². The molecule has 2 heterocycles. The fourth-order valence-electron chi connectivity index (χ4n) is 5.52. The Bertz CT molecular complexity index is 1220. The van der Waals surface area contributed by atoms with E-state index in [2.05, 4.69) is 58.1 Å². The zero-order valence-electron chi connectivity index (χ0n) is 21.6. The molecule has 1 amide bonds. The number of nitrogens with one attached hydrogen (secondary N) is 3. The van der Waals surface area contributed by atoms with Crippen molar-refractivity contribution in [3.8, 4) is 11.1 Å². The summed E-state index contributed by atoms with van der Waals surface area (Å²) in [4.78, 5) is 15.4. The minimum absolute atomic E-state index is 0.147. The van der Waals surface area contributed by atoms with Gasteiger partial charge >= 0.3 is 0 Å². The molecule has 37 heavy (non-hydrogen) atoms. The van der Waals surface area contributed by atoms with E-state index in [1.807, 2.05) is 30.3 Å². The van der Waals surface area contributed by atoms with E-state index in [1.165, 1.54) is 17.2 Å². The average molecular weight is 501 g/mol. The molecule has 0 radical (unpaired) electrons. The molecule has 2 fully saturated rings. The third-order valence-corrected chi connectivity index (χ3v) is 7.56. The highest BCUT2D eigenvalue weighted by molar-refractivity contribution is 5.94. The van der Waals surface area contributed by atoms with Gasteiger partial charge < -0.3 is 16.0 Å². The van der Waals surface area contributed by atoms with Crippen molar-refractivity contribution in [1.82, 2.24) is 20.9 Å². The molecule has 5 nitrogen and oxygen atoms in total. The normalized spacial score (nSPS) is 19.0. The maximum atomic E-state index is 14.7. The van der Waals surface area contributed by atoms with Crippen LogP contribution in [0.5, 0.6) is 0 Å². The summed E-state index contributed by atoms with van der Waals surface area (Å²) in [7, 11) is 0. The molecule has 3 aromatic carbocycles. The molecule has 0 saturated carbocycles. The Hall–Kier alpha value is -3.06. The second kappa shape index (κ2) is 12.0. The molecule has 194 valence electrons. The SMILES string of the molecule is C[C@H]1CN(Cc2cccc(-c3ccc(F)c(CNC(=O)c4cccc(C5CCNCC5)c4)c3)c2)CCN1. The number of piperazine rings is 1. The predicted octanol–water partition coefficient (Wildman–Crippen LogP) is 4.68. The third-order valence-electron chi connectivity index (χ3n) is 7.56. The van der Waals surface area contributed by atoms with Crippen LogP contribution in [0.15, 0.2) is 66.7 Å². The average Bonchev–Trinajstić information content (AvgIpc) is 2.93. The molecule has 5 rings (SSSR count). The first kappa shape index (κ1) is 25.6. The summed E-state index contributed by atoms with van der Waals surface area (Å²) in [6, 6.07) is 22.0. The lowest BCUT2D eigenvalue weighted by atomic mass is 9.89. The first-order valence-corrected chi connectivity index (χ1v) is 13.5. The summed E-state index contributed by atoms with van der Waals surface area (Å²) in [5, 5.41) is 9.80. The largest absolute Gasteiger partial charge is 0.348 e. The Morgan fingerprint density at radius 3 is 2.65 bits per heavy atom. The van der Waals surface area contributed by atoms with E-state index in [9.17, 15) is 9.18 Å². The van der Waals surface area contributed by atoms with E-state index in [0.717, 1.165) is 63.2 Å². The highest BCUT2D eigenvalue weighted by atomic mass is 19.1. The molecular formula is C31H37FN4O. The monoisotopic (exact) mass is 500 g/mol. The fourth-order valence-corrected chi connectivity index (χ4v) is 5.52. The number of carbonyl (C=O) groups excluding carboxylic acids is 1. The van der Waals surface area contributed by atoms with Crippen LogP contribution in [0.25, 0.3) is 11.1 Å². The zero-order valence-corrected chi connectivity index (χ0v) is 21.6. The summed E-state index contributed by atoms with van der Waals surface area (Å²) < 4.78 is 14.7. The van der Waals surface area contributed by atoms with Crippen molar-refractivity contribution < 1.29 is 9.18 Å². The number of amides is 1. The molecule has 6 heteroatoms. The Balaban J connectivity index is 1.25. The molecule has 0 bridgehead atoms. The lowest BCUT2D eigenvalue weighted by Crippen LogP contribution is -2.48. The molecule has 0 unspecified atom stereocenters. The molecule has 2 saturated heterocycles.